The van der Waals surface area contributed by atoms with Gasteiger partial charge in [0.25, 0.3) is 5.56 Å². The molecule has 4 rings (SSSR count). The first-order valence-corrected chi connectivity index (χ1v) is 10.4. The van der Waals surface area contributed by atoms with E-state index in [0.717, 1.165) is 31.8 Å². The van der Waals surface area contributed by atoms with E-state index in [1.54, 1.807) is 36.8 Å². The number of aromatic nitrogens is 5. The lowest BCUT2D eigenvalue weighted by Crippen LogP contribution is -2.37. The molecule has 1 aliphatic heterocycles. The van der Waals surface area contributed by atoms with E-state index in [-0.39, 0.29) is 16.5 Å². The first-order chi connectivity index (χ1) is 14.0. The molecule has 0 radical (unpaired) electrons. The first kappa shape index (κ1) is 19.9. The number of rotatable bonds is 4. The summed E-state index contributed by atoms with van der Waals surface area (Å²) in [5, 5.41) is 13.6. The molecule has 1 aliphatic rings. The van der Waals surface area contributed by atoms with Crippen molar-refractivity contribution < 1.29 is 0 Å². The number of hydrogen-bond donors (Lipinski definition) is 0. The standard InChI is InChI=1S/C20H22Cl2N6O/c1-13(2)27-12-23-25-19(27)14-4-3-9-26(11-14)17-10-24-28(20(29)18(17)22)16-7-5-15(21)6-8-16/h5-8,10,12-14H,3-4,9,11H2,1-2H3. The van der Waals surface area contributed by atoms with E-state index >= 15 is 0 Å². The maximum Gasteiger partial charge on any atom is 0.292 e. The molecule has 1 atom stereocenters. The van der Waals surface area contributed by atoms with Crippen LogP contribution in [0.2, 0.25) is 10.0 Å². The Kier molecular flexibility index (Phi) is 5.61. The van der Waals surface area contributed by atoms with Crippen LogP contribution in [0.15, 0.2) is 41.6 Å². The van der Waals surface area contributed by atoms with Gasteiger partial charge in [0.2, 0.25) is 0 Å². The zero-order valence-corrected chi connectivity index (χ0v) is 17.8. The van der Waals surface area contributed by atoms with Gasteiger partial charge in [0.05, 0.1) is 17.6 Å². The van der Waals surface area contributed by atoms with E-state index in [2.05, 4.69) is 38.6 Å². The maximum absolute atomic E-state index is 12.9. The lowest BCUT2D eigenvalue weighted by molar-refractivity contribution is 0.454. The summed E-state index contributed by atoms with van der Waals surface area (Å²) >= 11 is 12.4. The van der Waals surface area contributed by atoms with Gasteiger partial charge in [-0.15, -0.1) is 10.2 Å². The summed E-state index contributed by atoms with van der Waals surface area (Å²) in [5.41, 5.74) is 0.926. The van der Waals surface area contributed by atoms with Crippen molar-refractivity contribution in [1.82, 2.24) is 24.5 Å². The summed E-state index contributed by atoms with van der Waals surface area (Å²) in [6.07, 6.45) is 5.44. The van der Waals surface area contributed by atoms with Gasteiger partial charge in [-0.25, -0.2) is 0 Å². The Morgan fingerprint density at radius 3 is 2.66 bits per heavy atom. The molecule has 7 nitrogen and oxygen atoms in total. The summed E-state index contributed by atoms with van der Waals surface area (Å²) < 4.78 is 3.39. The third-order valence-corrected chi connectivity index (χ3v) is 5.86. The van der Waals surface area contributed by atoms with E-state index in [4.69, 9.17) is 23.2 Å². The number of piperidine rings is 1. The van der Waals surface area contributed by atoms with Crippen LogP contribution >= 0.6 is 23.2 Å². The Morgan fingerprint density at radius 1 is 1.17 bits per heavy atom. The largest absolute Gasteiger partial charge is 0.368 e. The molecule has 3 aromatic rings. The summed E-state index contributed by atoms with van der Waals surface area (Å²) in [5.74, 6) is 1.20. The van der Waals surface area contributed by atoms with Crippen LogP contribution in [0, 0.1) is 0 Å². The van der Waals surface area contributed by atoms with Crippen LogP contribution < -0.4 is 10.5 Å². The molecule has 1 fully saturated rings. The lowest BCUT2D eigenvalue weighted by atomic mass is 9.96. The highest BCUT2D eigenvalue weighted by Crippen LogP contribution is 2.32. The second-order valence-electron chi connectivity index (χ2n) is 7.51. The topological polar surface area (TPSA) is 68.8 Å². The molecule has 0 spiro atoms. The number of halogens is 2. The second-order valence-corrected chi connectivity index (χ2v) is 8.33. The molecule has 2 aromatic heterocycles. The average molecular weight is 433 g/mol. The van der Waals surface area contributed by atoms with Crippen LogP contribution in [-0.4, -0.2) is 37.6 Å². The van der Waals surface area contributed by atoms with Gasteiger partial charge >= 0.3 is 0 Å². The van der Waals surface area contributed by atoms with Crippen LogP contribution in [0.5, 0.6) is 0 Å². The molecule has 0 N–H and O–H groups in total. The molecule has 1 unspecified atom stereocenters. The average Bonchev–Trinajstić information content (AvgIpc) is 3.21. The summed E-state index contributed by atoms with van der Waals surface area (Å²) in [6.45, 7) is 5.77. The maximum atomic E-state index is 12.9. The summed E-state index contributed by atoms with van der Waals surface area (Å²) in [7, 11) is 0. The van der Waals surface area contributed by atoms with Crippen molar-refractivity contribution in [1.29, 1.82) is 0 Å². The van der Waals surface area contributed by atoms with Crippen molar-refractivity contribution in [2.75, 3.05) is 18.0 Å². The fourth-order valence-electron chi connectivity index (χ4n) is 3.76. The SMILES string of the molecule is CC(C)n1cnnc1C1CCCN(c2cnn(-c3ccc(Cl)cc3)c(=O)c2Cl)C1. The molecular formula is C20H22Cl2N6O. The quantitative estimate of drug-likeness (QED) is 0.620. The number of nitrogens with zero attached hydrogens (tertiary/aromatic N) is 6. The van der Waals surface area contributed by atoms with Crippen LogP contribution in [-0.2, 0) is 0 Å². The smallest absolute Gasteiger partial charge is 0.292 e. The third kappa shape index (κ3) is 3.89. The Balaban J connectivity index is 1.63. The molecule has 3 heterocycles. The van der Waals surface area contributed by atoms with Crippen molar-refractivity contribution in [3.05, 3.63) is 63.0 Å². The van der Waals surface area contributed by atoms with Crippen LogP contribution in [0.4, 0.5) is 5.69 Å². The molecule has 9 heteroatoms. The van der Waals surface area contributed by atoms with Crippen molar-refractivity contribution in [2.24, 2.45) is 0 Å². The first-order valence-electron chi connectivity index (χ1n) is 9.64. The second kappa shape index (κ2) is 8.16. The van der Waals surface area contributed by atoms with E-state index in [0.29, 0.717) is 22.4 Å². The molecule has 0 amide bonds. The van der Waals surface area contributed by atoms with Gasteiger partial charge in [0, 0.05) is 30.1 Å². The van der Waals surface area contributed by atoms with Gasteiger partial charge in [-0.05, 0) is 51.0 Å². The zero-order valence-electron chi connectivity index (χ0n) is 16.3. The molecule has 0 saturated carbocycles. The van der Waals surface area contributed by atoms with Gasteiger partial charge in [0.15, 0.2) is 0 Å². The molecule has 0 aliphatic carbocycles. The van der Waals surface area contributed by atoms with Gasteiger partial charge in [-0.1, -0.05) is 23.2 Å². The normalized spacial score (nSPS) is 17.1. The van der Waals surface area contributed by atoms with Crippen molar-refractivity contribution in [2.45, 2.75) is 38.6 Å². The summed E-state index contributed by atoms with van der Waals surface area (Å²) in [6, 6.07) is 7.20. The minimum absolute atomic E-state index is 0.168. The Morgan fingerprint density at radius 2 is 1.93 bits per heavy atom. The van der Waals surface area contributed by atoms with Crippen molar-refractivity contribution >= 4 is 28.9 Å². The number of hydrogen-bond acceptors (Lipinski definition) is 5. The van der Waals surface area contributed by atoms with E-state index < -0.39 is 0 Å². The molecule has 1 saturated heterocycles. The van der Waals surface area contributed by atoms with Gasteiger partial charge in [-0.2, -0.15) is 9.78 Å². The van der Waals surface area contributed by atoms with E-state index in [1.807, 2.05) is 0 Å². The highest BCUT2D eigenvalue weighted by Gasteiger charge is 2.28. The fraction of sp³-hybridized carbons (Fsp3) is 0.400. The Hall–Kier alpha value is -2.38. The minimum Gasteiger partial charge on any atom is -0.368 e. The third-order valence-electron chi connectivity index (χ3n) is 5.26. The predicted octanol–water partition coefficient (Wildman–Crippen LogP) is 4.10. The monoisotopic (exact) mass is 432 g/mol. The summed E-state index contributed by atoms with van der Waals surface area (Å²) in [4.78, 5) is 15.0. The lowest BCUT2D eigenvalue weighted by Gasteiger charge is -2.34. The van der Waals surface area contributed by atoms with Crippen LogP contribution in [0.1, 0.15) is 44.5 Å². The fourth-order valence-corrected chi connectivity index (χ4v) is 4.13. The van der Waals surface area contributed by atoms with E-state index in [9.17, 15) is 4.79 Å². The molecule has 29 heavy (non-hydrogen) atoms. The molecule has 0 bridgehead atoms. The van der Waals surface area contributed by atoms with Crippen molar-refractivity contribution in [3.8, 4) is 5.69 Å². The Bertz CT molecular complexity index is 1060. The number of benzene rings is 1. The minimum atomic E-state index is -0.348. The molecule has 152 valence electrons. The van der Waals surface area contributed by atoms with Gasteiger partial charge < -0.3 is 9.47 Å². The van der Waals surface area contributed by atoms with Crippen LogP contribution in [0.25, 0.3) is 5.69 Å². The molecule has 1 aromatic carbocycles. The van der Waals surface area contributed by atoms with Gasteiger partial charge in [-0.3, -0.25) is 4.79 Å². The number of anilines is 1. The predicted molar refractivity (Wildman–Crippen MR) is 114 cm³/mol. The zero-order chi connectivity index (χ0) is 20.5. The van der Waals surface area contributed by atoms with E-state index in [1.165, 1.54) is 4.68 Å². The highest BCUT2D eigenvalue weighted by atomic mass is 35.5. The molecular weight excluding hydrogens is 411 g/mol. The highest BCUT2D eigenvalue weighted by molar-refractivity contribution is 6.33. The Labute approximate surface area is 178 Å². The van der Waals surface area contributed by atoms with Crippen molar-refractivity contribution in [3.63, 3.8) is 0 Å². The van der Waals surface area contributed by atoms with Crippen LogP contribution in [0.3, 0.4) is 0 Å². The van der Waals surface area contributed by atoms with Gasteiger partial charge in [0.1, 0.15) is 17.2 Å².